The maximum absolute atomic E-state index is 11.9. The van der Waals surface area contributed by atoms with Gasteiger partial charge in [0.15, 0.2) is 4.34 Å². The van der Waals surface area contributed by atoms with E-state index < -0.39 is 0 Å². The van der Waals surface area contributed by atoms with Crippen LogP contribution in [0.15, 0.2) is 32.8 Å². The van der Waals surface area contributed by atoms with Crippen molar-refractivity contribution in [2.24, 2.45) is 5.73 Å². The number of hydrogen-bond donors (Lipinski definition) is 2. The van der Waals surface area contributed by atoms with Crippen molar-refractivity contribution < 1.29 is 4.79 Å². The zero-order valence-electron chi connectivity index (χ0n) is 13.1. The Balaban J connectivity index is 1.98. The molecule has 0 radical (unpaired) electrons. The number of carbonyl (C=O) groups excluding carboxylic acids is 1. The number of rotatable bonds is 6. The number of nitrogens with one attached hydrogen (secondary N) is 1. The standard InChI is InChI=1S/C16H21N3OS2/c1-10-8-13(22-16-18-12(3)9-21-16)5-6-14(10)19-15(20)7-4-11(2)17/h5-6,8-9,11H,4,7,17H2,1-3H3,(H,19,20). The number of aromatic nitrogens is 1. The molecule has 0 fully saturated rings. The summed E-state index contributed by atoms with van der Waals surface area (Å²) in [5.41, 5.74) is 8.62. The van der Waals surface area contributed by atoms with Crippen molar-refractivity contribution in [3.8, 4) is 0 Å². The van der Waals surface area contributed by atoms with Crippen LogP contribution in [0.5, 0.6) is 0 Å². The molecule has 1 amide bonds. The van der Waals surface area contributed by atoms with Crippen LogP contribution >= 0.6 is 23.1 Å². The molecule has 0 saturated carbocycles. The van der Waals surface area contributed by atoms with E-state index in [4.69, 9.17) is 5.73 Å². The van der Waals surface area contributed by atoms with Crippen LogP contribution in [0.4, 0.5) is 5.69 Å². The van der Waals surface area contributed by atoms with Crippen LogP contribution in [0.2, 0.25) is 0 Å². The predicted molar refractivity (Wildman–Crippen MR) is 93.7 cm³/mol. The number of carbonyl (C=O) groups is 1. The molecule has 4 nitrogen and oxygen atoms in total. The molecule has 0 spiro atoms. The highest BCUT2D eigenvalue weighted by Gasteiger charge is 2.08. The summed E-state index contributed by atoms with van der Waals surface area (Å²) >= 11 is 3.29. The quantitative estimate of drug-likeness (QED) is 0.838. The second kappa shape index (κ2) is 7.76. The first-order chi connectivity index (χ1) is 10.4. The molecule has 2 aromatic rings. The SMILES string of the molecule is Cc1csc(Sc2ccc(NC(=O)CCC(C)N)c(C)c2)n1. The second-order valence-electron chi connectivity index (χ2n) is 5.40. The number of nitrogens with two attached hydrogens (primary N) is 1. The third-order valence-electron chi connectivity index (χ3n) is 3.10. The molecule has 0 saturated heterocycles. The van der Waals surface area contributed by atoms with Gasteiger partial charge in [0.1, 0.15) is 0 Å². The van der Waals surface area contributed by atoms with E-state index in [2.05, 4.69) is 16.4 Å². The number of benzene rings is 1. The molecule has 118 valence electrons. The summed E-state index contributed by atoms with van der Waals surface area (Å²) in [6, 6.07) is 6.08. The largest absolute Gasteiger partial charge is 0.328 e. The minimum Gasteiger partial charge on any atom is -0.328 e. The molecule has 0 aliphatic carbocycles. The van der Waals surface area contributed by atoms with E-state index >= 15 is 0 Å². The first-order valence-electron chi connectivity index (χ1n) is 7.20. The van der Waals surface area contributed by atoms with Crippen LogP contribution in [0.3, 0.4) is 0 Å². The van der Waals surface area contributed by atoms with Crippen molar-refractivity contribution in [3.63, 3.8) is 0 Å². The first-order valence-corrected chi connectivity index (χ1v) is 8.89. The molecule has 2 rings (SSSR count). The zero-order chi connectivity index (χ0) is 16.1. The average molecular weight is 335 g/mol. The van der Waals surface area contributed by atoms with Gasteiger partial charge in [-0.15, -0.1) is 11.3 Å². The molecule has 1 atom stereocenters. The van der Waals surface area contributed by atoms with Gasteiger partial charge < -0.3 is 11.1 Å². The normalized spacial score (nSPS) is 12.2. The van der Waals surface area contributed by atoms with Crippen LogP contribution in [0.1, 0.15) is 31.0 Å². The minimum atomic E-state index is 0.0105. The Hall–Kier alpha value is -1.37. The Morgan fingerprint density at radius 1 is 1.45 bits per heavy atom. The van der Waals surface area contributed by atoms with Gasteiger partial charge in [0.2, 0.25) is 5.91 Å². The Bertz CT molecular complexity index is 653. The van der Waals surface area contributed by atoms with Crippen molar-refractivity contribution >= 4 is 34.7 Å². The molecule has 1 aromatic heterocycles. The monoisotopic (exact) mass is 335 g/mol. The second-order valence-corrected chi connectivity index (χ2v) is 7.58. The summed E-state index contributed by atoms with van der Waals surface area (Å²) < 4.78 is 1.03. The smallest absolute Gasteiger partial charge is 0.224 e. The van der Waals surface area contributed by atoms with Gasteiger partial charge in [-0.1, -0.05) is 11.8 Å². The van der Waals surface area contributed by atoms with Gasteiger partial charge in [0.25, 0.3) is 0 Å². The van der Waals surface area contributed by atoms with Crippen LogP contribution in [0, 0.1) is 13.8 Å². The summed E-state index contributed by atoms with van der Waals surface area (Å²) in [5, 5.41) is 4.99. The highest BCUT2D eigenvalue weighted by molar-refractivity contribution is 8.01. The van der Waals surface area contributed by atoms with Crippen molar-refractivity contribution in [2.45, 2.75) is 48.9 Å². The van der Waals surface area contributed by atoms with E-state index in [9.17, 15) is 4.79 Å². The lowest BCUT2D eigenvalue weighted by Gasteiger charge is -2.10. The summed E-state index contributed by atoms with van der Waals surface area (Å²) in [7, 11) is 0. The van der Waals surface area contributed by atoms with Crippen molar-refractivity contribution in [1.82, 2.24) is 4.98 Å². The van der Waals surface area contributed by atoms with Gasteiger partial charge in [-0.3, -0.25) is 4.79 Å². The van der Waals surface area contributed by atoms with E-state index in [-0.39, 0.29) is 11.9 Å². The molecule has 0 aliphatic heterocycles. The fraction of sp³-hybridized carbons (Fsp3) is 0.375. The summed E-state index contributed by atoms with van der Waals surface area (Å²) in [6.45, 7) is 5.90. The van der Waals surface area contributed by atoms with Crippen molar-refractivity contribution in [2.75, 3.05) is 5.32 Å². The summed E-state index contributed by atoms with van der Waals surface area (Å²) in [4.78, 5) is 17.4. The minimum absolute atomic E-state index is 0.0105. The lowest BCUT2D eigenvalue weighted by atomic mass is 10.1. The summed E-state index contributed by atoms with van der Waals surface area (Å²) in [6.07, 6.45) is 1.15. The highest BCUT2D eigenvalue weighted by atomic mass is 32.2. The number of amides is 1. The third kappa shape index (κ3) is 5.12. The molecule has 1 heterocycles. The molecule has 3 N–H and O–H groups in total. The van der Waals surface area contributed by atoms with Crippen LogP contribution in [0.25, 0.3) is 0 Å². The molecule has 1 aromatic carbocycles. The van der Waals surface area contributed by atoms with E-state index in [1.807, 2.05) is 38.3 Å². The van der Waals surface area contributed by atoms with E-state index in [0.717, 1.165) is 26.2 Å². The van der Waals surface area contributed by atoms with Crippen LogP contribution in [-0.4, -0.2) is 16.9 Å². The Morgan fingerprint density at radius 2 is 2.23 bits per heavy atom. The molecule has 6 heteroatoms. The van der Waals surface area contributed by atoms with Gasteiger partial charge in [0, 0.05) is 34.1 Å². The molecule has 0 aliphatic rings. The van der Waals surface area contributed by atoms with Crippen LogP contribution in [-0.2, 0) is 4.79 Å². The maximum atomic E-state index is 11.9. The molecule has 22 heavy (non-hydrogen) atoms. The average Bonchev–Trinajstić information content (AvgIpc) is 2.85. The molecular formula is C16H21N3OS2. The molecule has 0 bridgehead atoms. The van der Waals surface area contributed by atoms with E-state index in [0.29, 0.717) is 12.8 Å². The highest BCUT2D eigenvalue weighted by Crippen LogP contribution is 2.32. The van der Waals surface area contributed by atoms with Gasteiger partial charge in [-0.2, -0.15) is 0 Å². The van der Waals surface area contributed by atoms with Gasteiger partial charge in [-0.05, 0) is 51.0 Å². The third-order valence-corrected chi connectivity index (χ3v) is 5.15. The van der Waals surface area contributed by atoms with Gasteiger partial charge in [-0.25, -0.2) is 4.98 Å². The van der Waals surface area contributed by atoms with Gasteiger partial charge >= 0.3 is 0 Å². The maximum Gasteiger partial charge on any atom is 0.224 e. The van der Waals surface area contributed by atoms with E-state index in [1.165, 1.54) is 0 Å². The summed E-state index contributed by atoms with van der Waals surface area (Å²) in [5.74, 6) is 0.0105. The molecular weight excluding hydrogens is 314 g/mol. The number of hydrogen-bond acceptors (Lipinski definition) is 5. The topological polar surface area (TPSA) is 68.0 Å². The van der Waals surface area contributed by atoms with Gasteiger partial charge in [0.05, 0.1) is 0 Å². The van der Waals surface area contributed by atoms with Crippen molar-refractivity contribution in [3.05, 3.63) is 34.8 Å². The Morgan fingerprint density at radius 3 is 2.82 bits per heavy atom. The fourth-order valence-electron chi connectivity index (χ4n) is 1.89. The Labute approximate surface area is 139 Å². The fourth-order valence-corrected chi connectivity index (χ4v) is 3.80. The lowest BCUT2D eigenvalue weighted by Crippen LogP contribution is -2.19. The number of anilines is 1. The van der Waals surface area contributed by atoms with Crippen molar-refractivity contribution in [1.29, 1.82) is 0 Å². The Kier molecular flexibility index (Phi) is 5.99. The number of thiazole rings is 1. The predicted octanol–water partition coefficient (Wildman–Crippen LogP) is 3.98. The zero-order valence-corrected chi connectivity index (χ0v) is 14.7. The van der Waals surface area contributed by atoms with Crippen LogP contribution < -0.4 is 11.1 Å². The van der Waals surface area contributed by atoms with E-state index in [1.54, 1.807) is 23.1 Å². The first kappa shape index (κ1) is 17.0. The lowest BCUT2D eigenvalue weighted by molar-refractivity contribution is -0.116. The number of nitrogens with zero attached hydrogens (tertiary/aromatic N) is 1. The molecule has 1 unspecified atom stereocenters. The number of aryl methyl sites for hydroxylation is 2.